The molecule has 0 bridgehead atoms. The minimum atomic E-state index is -0.164. The molecule has 2 amide bonds. The lowest BCUT2D eigenvalue weighted by Crippen LogP contribution is -2.35. The minimum Gasteiger partial charge on any atom is -0.494 e. The monoisotopic (exact) mass is 531 g/mol. The molecule has 4 rings (SSSR count). The summed E-state index contributed by atoms with van der Waals surface area (Å²) in [7, 11) is 3.93. The van der Waals surface area contributed by atoms with Gasteiger partial charge in [0.1, 0.15) is 0 Å². The van der Waals surface area contributed by atoms with Gasteiger partial charge in [-0.2, -0.15) is 0 Å². The predicted octanol–water partition coefficient (Wildman–Crippen LogP) is 5.57. The number of benzene rings is 3. The van der Waals surface area contributed by atoms with Gasteiger partial charge < -0.3 is 25.2 Å². The molecule has 0 aliphatic carbocycles. The zero-order valence-electron chi connectivity index (χ0n) is 21.7. The average molecular weight is 532 g/mol. The van der Waals surface area contributed by atoms with E-state index in [0.717, 1.165) is 23.2 Å². The summed E-state index contributed by atoms with van der Waals surface area (Å²) in [5, 5.41) is 15.0. The SMILES string of the molecule is CC(=O)Nc1ccc(C(=Nc2ccc(N(CCN(C)C)C(C)=O)cc2)c2c(O)[nH]c3cc(Cl)ccc23)cc1. The van der Waals surface area contributed by atoms with E-state index in [4.69, 9.17) is 16.6 Å². The van der Waals surface area contributed by atoms with Crippen LogP contribution in [0.1, 0.15) is 25.0 Å². The molecule has 0 spiro atoms. The Kier molecular flexibility index (Phi) is 8.14. The van der Waals surface area contributed by atoms with Crippen LogP contribution in [-0.2, 0) is 9.59 Å². The van der Waals surface area contributed by atoms with Crippen molar-refractivity contribution in [1.29, 1.82) is 0 Å². The number of H-pyrrole nitrogens is 1. The highest BCUT2D eigenvalue weighted by Gasteiger charge is 2.19. The van der Waals surface area contributed by atoms with Gasteiger partial charge in [0.25, 0.3) is 0 Å². The van der Waals surface area contributed by atoms with E-state index in [9.17, 15) is 14.7 Å². The second-order valence-corrected chi connectivity index (χ2v) is 9.68. The summed E-state index contributed by atoms with van der Waals surface area (Å²) in [5.74, 6) is -0.233. The average Bonchev–Trinajstić information content (AvgIpc) is 3.17. The van der Waals surface area contributed by atoms with Gasteiger partial charge in [-0.1, -0.05) is 29.8 Å². The van der Waals surface area contributed by atoms with Gasteiger partial charge >= 0.3 is 0 Å². The van der Waals surface area contributed by atoms with E-state index < -0.39 is 0 Å². The topological polar surface area (TPSA) is 101 Å². The number of hydrogen-bond acceptors (Lipinski definition) is 5. The van der Waals surface area contributed by atoms with Crippen molar-refractivity contribution in [3.05, 3.63) is 82.9 Å². The third-order valence-electron chi connectivity index (χ3n) is 6.01. The number of carbonyl (C=O) groups excluding carboxylic acids is 2. The second-order valence-electron chi connectivity index (χ2n) is 9.25. The van der Waals surface area contributed by atoms with Crippen molar-refractivity contribution in [1.82, 2.24) is 9.88 Å². The van der Waals surface area contributed by atoms with E-state index in [1.807, 2.05) is 61.5 Å². The summed E-state index contributed by atoms with van der Waals surface area (Å²) in [6.45, 7) is 4.31. The molecule has 1 aromatic heterocycles. The van der Waals surface area contributed by atoms with Crippen LogP contribution in [0.4, 0.5) is 17.1 Å². The molecule has 0 aliphatic heterocycles. The predicted molar refractivity (Wildman–Crippen MR) is 154 cm³/mol. The lowest BCUT2D eigenvalue weighted by atomic mass is 10.0. The number of aliphatic imine (C=N–C) groups is 1. The maximum absolute atomic E-state index is 12.3. The van der Waals surface area contributed by atoms with Crippen LogP contribution in [0.3, 0.4) is 0 Å². The molecule has 4 aromatic rings. The van der Waals surface area contributed by atoms with Crippen LogP contribution in [0.15, 0.2) is 71.7 Å². The van der Waals surface area contributed by atoms with Gasteiger partial charge in [0.05, 0.1) is 22.5 Å². The van der Waals surface area contributed by atoms with E-state index in [1.54, 1.807) is 36.1 Å². The lowest BCUT2D eigenvalue weighted by molar-refractivity contribution is -0.116. The van der Waals surface area contributed by atoms with Crippen LogP contribution in [0.25, 0.3) is 10.9 Å². The quantitative estimate of drug-likeness (QED) is 0.259. The number of halogens is 1. The molecule has 38 heavy (non-hydrogen) atoms. The van der Waals surface area contributed by atoms with Crippen LogP contribution < -0.4 is 10.2 Å². The van der Waals surface area contributed by atoms with Gasteiger partial charge in [-0.15, -0.1) is 0 Å². The third-order valence-corrected chi connectivity index (χ3v) is 6.24. The number of aromatic nitrogens is 1. The Labute approximate surface area is 226 Å². The normalized spacial score (nSPS) is 11.7. The highest BCUT2D eigenvalue weighted by Crippen LogP contribution is 2.33. The third kappa shape index (κ3) is 6.22. The molecule has 3 aromatic carbocycles. The van der Waals surface area contributed by atoms with E-state index >= 15 is 0 Å². The number of amides is 2. The van der Waals surface area contributed by atoms with Crippen LogP contribution in [0.5, 0.6) is 5.88 Å². The van der Waals surface area contributed by atoms with E-state index in [2.05, 4.69) is 10.3 Å². The Morgan fingerprint density at radius 3 is 2.26 bits per heavy atom. The highest BCUT2D eigenvalue weighted by atomic mass is 35.5. The number of aromatic amines is 1. The van der Waals surface area contributed by atoms with Crippen LogP contribution in [-0.4, -0.2) is 59.7 Å². The zero-order valence-corrected chi connectivity index (χ0v) is 22.5. The standard InChI is InChI=1S/C29H30ClN5O3/c1-18(36)31-22-8-5-20(6-9-22)28(27-25-14-7-21(30)17-26(25)33-29(27)38)32-23-10-12-24(13-11-23)35(19(2)37)16-15-34(3)4/h5-14,17,33,38H,15-16H2,1-4H3,(H,31,36). The van der Waals surface area contributed by atoms with Crippen molar-refractivity contribution in [2.24, 2.45) is 4.99 Å². The van der Waals surface area contributed by atoms with E-state index in [0.29, 0.717) is 39.7 Å². The second kappa shape index (κ2) is 11.5. The molecule has 0 aliphatic rings. The molecule has 0 fully saturated rings. The maximum Gasteiger partial charge on any atom is 0.223 e. The first-order valence-electron chi connectivity index (χ1n) is 12.1. The van der Waals surface area contributed by atoms with Crippen molar-refractivity contribution in [3.63, 3.8) is 0 Å². The first-order valence-corrected chi connectivity index (χ1v) is 12.5. The summed E-state index contributed by atoms with van der Waals surface area (Å²) in [4.78, 5) is 35.4. The van der Waals surface area contributed by atoms with Crippen LogP contribution >= 0.6 is 11.6 Å². The molecule has 196 valence electrons. The lowest BCUT2D eigenvalue weighted by Gasteiger charge is -2.23. The van der Waals surface area contributed by atoms with Crippen molar-refractivity contribution in [2.45, 2.75) is 13.8 Å². The molecule has 8 nitrogen and oxygen atoms in total. The van der Waals surface area contributed by atoms with E-state index in [1.165, 1.54) is 6.92 Å². The Morgan fingerprint density at radius 1 is 0.974 bits per heavy atom. The minimum absolute atomic E-state index is 0.0324. The fourth-order valence-electron chi connectivity index (χ4n) is 4.18. The Balaban J connectivity index is 1.79. The summed E-state index contributed by atoms with van der Waals surface area (Å²) >= 11 is 6.17. The van der Waals surface area contributed by atoms with Crippen molar-refractivity contribution in [3.8, 4) is 5.88 Å². The Hall–Kier alpha value is -4.14. The van der Waals surface area contributed by atoms with Crippen LogP contribution in [0.2, 0.25) is 5.02 Å². The van der Waals surface area contributed by atoms with Crippen molar-refractivity contribution >= 4 is 57.1 Å². The maximum atomic E-state index is 12.3. The molecule has 0 saturated heterocycles. The van der Waals surface area contributed by atoms with Gasteiger partial charge in [-0.05, 0) is 62.6 Å². The summed E-state index contributed by atoms with van der Waals surface area (Å²) < 4.78 is 0. The molecular formula is C29H30ClN5O3. The summed E-state index contributed by atoms with van der Waals surface area (Å²) in [6.07, 6.45) is 0. The van der Waals surface area contributed by atoms with Gasteiger partial charge in [0.2, 0.25) is 11.8 Å². The number of anilines is 2. The number of aromatic hydroxyl groups is 1. The summed E-state index contributed by atoms with van der Waals surface area (Å²) in [5.41, 5.74) is 4.57. The number of nitrogens with one attached hydrogen (secondary N) is 2. The van der Waals surface area contributed by atoms with Gasteiger partial charge in [-0.25, -0.2) is 4.99 Å². The van der Waals surface area contributed by atoms with E-state index in [-0.39, 0.29) is 17.7 Å². The fourth-order valence-corrected chi connectivity index (χ4v) is 4.35. The number of likely N-dealkylation sites (N-methyl/N-ethyl adjacent to an activating group) is 1. The molecule has 0 unspecified atom stereocenters. The number of rotatable bonds is 8. The van der Waals surface area contributed by atoms with Crippen molar-refractivity contribution in [2.75, 3.05) is 37.4 Å². The first-order chi connectivity index (χ1) is 18.1. The molecule has 0 radical (unpaired) electrons. The Bertz CT molecular complexity index is 1490. The molecular weight excluding hydrogens is 502 g/mol. The molecule has 1 heterocycles. The van der Waals surface area contributed by atoms with Crippen LogP contribution in [0, 0.1) is 0 Å². The van der Waals surface area contributed by atoms with Gasteiger partial charge in [0, 0.05) is 54.3 Å². The molecule has 0 atom stereocenters. The zero-order chi connectivity index (χ0) is 27.4. The number of carbonyl (C=O) groups is 2. The number of fused-ring (bicyclic) bond motifs is 1. The largest absolute Gasteiger partial charge is 0.494 e. The molecule has 9 heteroatoms. The molecule has 3 N–H and O–H groups in total. The van der Waals surface area contributed by atoms with Crippen molar-refractivity contribution < 1.29 is 14.7 Å². The molecule has 0 saturated carbocycles. The number of hydrogen-bond donors (Lipinski definition) is 3. The fraction of sp³-hybridized carbons (Fsp3) is 0.207. The smallest absolute Gasteiger partial charge is 0.223 e. The Morgan fingerprint density at radius 2 is 1.66 bits per heavy atom. The summed E-state index contributed by atoms with van der Waals surface area (Å²) in [6, 6.07) is 20.0. The first kappa shape index (κ1) is 26.9. The number of nitrogens with zero attached hydrogens (tertiary/aromatic N) is 3. The highest BCUT2D eigenvalue weighted by molar-refractivity contribution is 6.31. The van der Waals surface area contributed by atoms with Gasteiger partial charge in [0.15, 0.2) is 5.88 Å². The van der Waals surface area contributed by atoms with Gasteiger partial charge in [-0.3, -0.25) is 9.59 Å².